The van der Waals surface area contributed by atoms with Crippen LogP contribution in [0, 0.1) is 6.92 Å². The molecule has 1 fully saturated rings. The number of amides is 1. The lowest BCUT2D eigenvalue weighted by Gasteiger charge is -2.14. The van der Waals surface area contributed by atoms with Crippen LogP contribution in [0.2, 0.25) is 0 Å². The van der Waals surface area contributed by atoms with Gasteiger partial charge in [-0.25, -0.2) is 13.1 Å². The third-order valence-electron chi connectivity index (χ3n) is 4.09. The topological polar surface area (TPSA) is 101 Å². The molecule has 1 atom stereocenters. The second-order valence-corrected chi connectivity index (χ2v) is 7.94. The molecule has 0 bridgehead atoms. The number of nitrogens with one attached hydrogen (secondary N) is 2. The van der Waals surface area contributed by atoms with E-state index in [-0.39, 0.29) is 10.9 Å². The molecular formula is C18H21N3O3S. The Labute approximate surface area is 147 Å². The number of rotatable bonds is 6. The van der Waals surface area contributed by atoms with Crippen LogP contribution in [0.3, 0.4) is 0 Å². The molecule has 25 heavy (non-hydrogen) atoms. The van der Waals surface area contributed by atoms with Gasteiger partial charge in [0, 0.05) is 11.7 Å². The molecule has 2 aromatic rings. The molecule has 1 aliphatic carbocycles. The zero-order chi connectivity index (χ0) is 18.0. The average Bonchev–Trinajstić information content (AvgIpc) is 3.39. The maximum Gasteiger partial charge on any atom is 0.245 e. The lowest BCUT2D eigenvalue weighted by atomic mass is 10.1. The van der Waals surface area contributed by atoms with E-state index < -0.39 is 22.0 Å². The van der Waals surface area contributed by atoms with Gasteiger partial charge in [0.05, 0.1) is 4.90 Å². The SMILES string of the molecule is Cc1ccc(NC(=O)C(N)c2ccccc2)cc1S(=O)(=O)NC1CC1. The van der Waals surface area contributed by atoms with E-state index in [2.05, 4.69) is 10.0 Å². The van der Waals surface area contributed by atoms with Crippen LogP contribution < -0.4 is 15.8 Å². The predicted molar refractivity (Wildman–Crippen MR) is 96.5 cm³/mol. The number of nitrogens with two attached hydrogens (primary N) is 1. The predicted octanol–water partition coefficient (Wildman–Crippen LogP) is 2.07. The maximum atomic E-state index is 12.4. The van der Waals surface area contributed by atoms with Gasteiger partial charge in [0.15, 0.2) is 0 Å². The van der Waals surface area contributed by atoms with Crippen molar-refractivity contribution in [3.8, 4) is 0 Å². The zero-order valence-corrected chi connectivity index (χ0v) is 14.7. The van der Waals surface area contributed by atoms with Gasteiger partial charge in [-0.05, 0) is 43.0 Å². The van der Waals surface area contributed by atoms with Crippen LogP contribution in [-0.2, 0) is 14.8 Å². The summed E-state index contributed by atoms with van der Waals surface area (Å²) in [4.78, 5) is 12.5. The van der Waals surface area contributed by atoms with E-state index in [1.165, 1.54) is 6.07 Å². The summed E-state index contributed by atoms with van der Waals surface area (Å²) in [7, 11) is -3.59. The van der Waals surface area contributed by atoms with Crippen LogP contribution in [0.5, 0.6) is 0 Å². The summed E-state index contributed by atoms with van der Waals surface area (Å²) in [5, 5.41) is 2.69. The highest BCUT2D eigenvalue weighted by Gasteiger charge is 2.29. The van der Waals surface area contributed by atoms with Gasteiger partial charge in [-0.15, -0.1) is 0 Å². The minimum Gasteiger partial charge on any atom is -0.324 e. The summed E-state index contributed by atoms with van der Waals surface area (Å²) in [6.45, 7) is 1.72. The van der Waals surface area contributed by atoms with Crippen LogP contribution in [-0.4, -0.2) is 20.4 Å². The molecule has 6 nitrogen and oxygen atoms in total. The standard InChI is InChI=1S/C18H21N3O3S/c1-12-7-8-15(11-16(12)25(23,24)21-14-9-10-14)20-18(22)17(19)13-5-3-2-4-6-13/h2-8,11,14,17,21H,9-10,19H2,1H3,(H,20,22). The minimum absolute atomic E-state index is 0.0224. The number of hydrogen-bond acceptors (Lipinski definition) is 4. The molecule has 0 aromatic heterocycles. The van der Waals surface area contributed by atoms with Crippen molar-refractivity contribution in [2.24, 2.45) is 5.73 Å². The van der Waals surface area contributed by atoms with Gasteiger partial charge < -0.3 is 11.1 Å². The Balaban J connectivity index is 1.79. The van der Waals surface area contributed by atoms with Crippen molar-refractivity contribution in [2.45, 2.75) is 36.7 Å². The van der Waals surface area contributed by atoms with Crippen molar-refractivity contribution in [1.29, 1.82) is 0 Å². The van der Waals surface area contributed by atoms with Gasteiger partial charge in [-0.2, -0.15) is 0 Å². The molecule has 2 aromatic carbocycles. The first kappa shape index (κ1) is 17.6. The third-order valence-corrected chi connectivity index (χ3v) is 5.75. The van der Waals surface area contributed by atoms with E-state index in [4.69, 9.17) is 5.73 Å². The van der Waals surface area contributed by atoms with E-state index in [1.807, 2.05) is 18.2 Å². The number of carbonyl (C=O) groups is 1. The Kier molecular flexibility index (Phi) is 4.89. The Bertz CT molecular complexity index is 878. The molecular weight excluding hydrogens is 338 g/mol. The highest BCUT2D eigenvalue weighted by Crippen LogP contribution is 2.25. The van der Waals surface area contributed by atoms with Crippen molar-refractivity contribution in [2.75, 3.05) is 5.32 Å². The summed E-state index contributed by atoms with van der Waals surface area (Å²) >= 11 is 0. The largest absolute Gasteiger partial charge is 0.324 e. The summed E-state index contributed by atoms with van der Waals surface area (Å²) in [6, 6.07) is 13.0. The molecule has 0 aliphatic heterocycles. The molecule has 0 spiro atoms. The summed E-state index contributed by atoms with van der Waals surface area (Å²) in [5.41, 5.74) is 7.69. The van der Waals surface area contributed by atoms with E-state index in [0.29, 0.717) is 16.8 Å². The molecule has 132 valence electrons. The van der Waals surface area contributed by atoms with Gasteiger partial charge in [0.25, 0.3) is 0 Å². The van der Waals surface area contributed by atoms with Crippen LogP contribution >= 0.6 is 0 Å². The highest BCUT2D eigenvalue weighted by atomic mass is 32.2. The number of carbonyl (C=O) groups excluding carboxylic acids is 1. The molecule has 7 heteroatoms. The normalized spacial score (nSPS) is 15.6. The molecule has 1 unspecified atom stereocenters. The smallest absolute Gasteiger partial charge is 0.245 e. The lowest BCUT2D eigenvalue weighted by Crippen LogP contribution is -2.28. The molecule has 1 aliphatic rings. The molecule has 0 saturated heterocycles. The lowest BCUT2D eigenvalue weighted by molar-refractivity contribution is -0.117. The average molecular weight is 359 g/mol. The van der Waals surface area contributed by atoms with Gasteiger partial charge >= 0.3 is 0 Å². The van der Waals surface area contributed by atoms with Crippen molar-refractivity contribution in [3.63, 3.8) is 0 Å². The van der Waals surface area contributed by atoms with Gasteiger partial charge in [0.2, 0.25) is 15.9 Å². The monoisotopic (exact) mass is 359 g/mol. The Morgan fingerprint density at radius 2 is 1.84 bits per heavy atom. The molecule has 0 radical (unpaired) electrons. The highest BCUT2D eigenvalue weighted by molar-refractivity contribution is 7.89. The number of hydrogen-bond donors (Lipinski definition) is 3. The Morgan fingerprint density at radius 3 is 2.48 bits per heavy atom. The van der Waals surface area contributed by atoms with E-state index in [1.54, 1.807) is 31.2 Å². The van der Waals surface area contributed by atoms with Crippen LogP contribution in [0.25, 0.3) is 0 Å². The van der Waals surface area contributed by atoms with E-state index >= 15 is 0 Å². The fraction of sp³-hybridized carbons (Fsp3) is 0.278. The summed E-state index contributed by atoms with van der Waals surface area (Å²) in [6.07, 6.45) is 1.72. The first-order valence-electron chi connectivity index (χ1n) is 8.11. The number of anilines is 1. The van der Waals surface area contributed by atoms with Gasteiger partial charge in [-0.3, -0.25) is 4.79 Å². The molecule has 1 saturated carbocycles. The first-order chi connectivity index (χ1) is 11.9. The van der Waals surface area contributed by atoms with Crippen LogP contribution in [0.4, 0.5) is 5.69 Å². The van der Waals surface area contributed by atoms with Crippen molar-refractivity contribution >= 4 is 21.6 Å². The number of aryl methyl sites for hydroxylation is 1. The Morgan fingerprint density at radius 1 is 1.16 bits per heavy atom. The number of benzene rings is 2. The molecule has 0 heterocycles. The third kappa shape index (κ3) is 4.25. The van der Waals surface area contributed by atoms with Gasteiger partial charge in [-0.1, -0.05) is 36.4 Å². The van der Waals surface area contributed by atoms with Crippen molar-refractivity contribution < 1.29 is 13.2 Å². The zero-order valence-electron chi connectivity index (χ0n) is 13.9. The quantitative estimate of drug-likeness (QED) is 0.735. The molecule has 4 N–H and O–H groups in total. The van der Waals surface area contributed by atoms with Crippen LogP contribution in [0.15, 0.2) is 53.4 Å². The van der Waals surface area contributed by atoms with Crippen LogP contribution in [0.1, 0.15) is 30.0 Å². The Hall–Kier alpha value is -2.22. The summed E-state index contributed by atoms with van der Waals surface area (Å²) < 4.78 is 27.5. The molecule has 3 rings (SSSR count). The van der Waals surface area contributed by atoms with E-state index in [0.717, 1.165) is 12.8 Å². The van der Waals surface area contributed by atoms with Gasteiger partial charge in [0.1, 0.15) is 6.04 Å². The minimum atomic E-state index is -3.59. The van der Waals surface area contributed by atoms with Crippen molar-refractivity contribution in [1.82, 2.24) is 4.72 Å². The van der Waals surface area contributed by atoms with Crippen molar-refractivity contribution in [3.05, 3.63) is 59.7 Å². The fourth-order valence-electron chi connectivity index (χ4n) is 2.48. The number of sulfonamides is 1. The molecule has 1 amide bonds. The van der Waals surface area contributed by atoms with E-state index in [9.17, 15) is 13.2 Å². The second kappa shape index (κ2) is 6.95. The first-order valence-corrected chi connectivity index (χ1v) is 9.59. The second-order valence-electron chi connectivity index (χ2n) is 6.25. The fourth-order valence-corrected chi connectivity index (χ4v) is 4.06. The summed E-state index contributed by atoms with van der Waals surface area (Å²) in [5.74, 6) is -0.395. The maximum absolute atomic E-state index is 12.4.